The molecular formula is C16H14N6O4. The summed E-state index contributed by atoms with van der Waals surface area (Å²) in [6.07, 6.45) is -0.429. The highest BCUT2D eigenvalue weighted by molar-refractivity contribution is 6.21. The molecule has 0 fully saturated rings. The molecule has 10 heteroatoms. The van der Waals surface area contributed by atoms with E-state index in [1.807, 2.05) is 24.4 Å². The van der Waals surface area contributed by atoms with Crippen LogP contribution in [0.5, 0.6) is 0 Å². The Bertz CT molecular complexity index is 1100. The Labute approximate surface area is 145 Å². The van der Waals surface area contributed by atoms with E-state index in [0.29, 0.717) is 5.69 Å². The van der Waals surface area contributed by atoms with Gasteiger partial charge in [0.15, 0.2) is 5.49 Å². The molecule has 26 heavy (non-hydrogen) atoms. The van der Waals surface area contributed by atoms with Crippen molar-refractivity contribution in [2.75, 3.05) is 5.32 Å². The molecule has 1 aliphatic heterocycles. The number of nitrogens with two attached hydrogens (primary N) is 1. The highest BCUT2D eigenvalue weighted by Gasteiger charge is 2.22. The number of aromatic amines is 1. The maximum atomic E-state index is 12.4. The van der Waals surface area contributed by atoms with E-state index in [9.17, 15) is 19.2 Å². The molecule has 1 aromatic carbocycles. The fraction of sp³-hybridized carbons (Fsp3) is 0.125. The fourth-order valence-electron chi connectivity index (χ4n) is 2.43. The number of H-pyrrole nitrogens is 1. The number of benzene rings is 1. The van der Waals surface area contributed by atoms with E-state index in [1.165, 1.54) is 0 Å². The van der Waals surface area contributed by atoms with Gasteiger partial charge < -0.3 is 11.1 Å². The SMILES string of the molecule is Cc1ccc(Nc2nc3c(c(=O)[nH]2)=C(C(=O)NC(N)=O)CC(=O)N=3)cc1. The summed E-state index contributed by atoms with van der Waals surface area (Å²) >= 11 is 0. The average Bonchev–Trinajstić information content (AvgIpc) is 2.55. The molecule has 1 aliphatic rings. The van der Waals surface area contributed by atoms with Crippen LogP contribution in [0.3, 0.4) is 0 Å². The van der Waals surface area contributed by atoms with Crippen LogP contribution in [0.25, 0.3) is 5.57 Å². The van der Waals surface area contributed by atoms with Crippen molar-refractivity contribution in [3.05, 3.63) is 50.9 Å². The summed E-state index contributed by atoms with van der Waals surface area (Å²) in [6, 6.07) is 6.21. The third-order valence-electron chi connectivity index (χ3n) is 3.59. The third kappa shape index (κ3) is 3.48. The molecule has 132 valence electrons. The van der Waals surface area contributed by atoms with E-state index < -0.39 is 29.8 Å². The predicted octanol–water partition coefficient (Wildman–Crippen LogP) is -1.28. The molecule has 2 aromatic rings. The zero-order valence-electron chi connectivity index (χ0n) is 13.6. The van der Waals surface area contributed by atoms with Crippen molar-refractivity contribution in [1.82, 2.24) is 15.3 Å². The van der Waals surface area contributed by atoms with Crippen LogP contribution in [0.15, 0.2) is 34.1 Å². The molecule has 5 N–H and O–H groups in total. The zero-order chi connectivity index (χ0) is 18.8. The minimum Gasteiger partial charge on any atom is -0.351 e. The molecule has 0 bridgehead atoms. The van der Waals surface area contributed by atoms with E-state index in [4.69, 9.17) is 5.73 Å². The van der Waals surface area contributed by atoms with Gasteiger partial charge in [-0.3, -0.25) is 24.7 Å². The number of carbonyl (C=O) groups is 3. The number of aryl methyl sites for hydroxylation is 1. The van der Waals surface area contributed by atoms with Crippen LogP contribution in [-0.2, 0) is 9.59 Å². The van der Waals surface area contributed by atoms with Crippen molar-refractivity contribution in [1.29, 1.82) is 0 Å². The number of carbonyl (C=O) groups excluding carboxylic acids is 3. The Kier molecular flexibility index (Phi) is 4.31. The minimum atomic E-state index is -1.10. The maximum Gasteiger partial charge on any atom is 0.319 e. The number of hydrogen-bond donors (Lipinski definition) is 4. The van der Waals surface area contributed by atoms with Crippen LogP contribution < -0.4 is 32.6 Å². The summed E-state index contributed by atoms with van der Waals surface area (Å²) in [4.78, 5) is 57.4. The number of rotatable bonds is 3. The number of fused-ring (bicyclic) bond motifs is 1. The molecule has 0 spiro atoms. The first-order valence-electron chi connectivity index (χ1n) is 7.53. The van der Waals surface area contributed by atoms with Gasteiger partial charge in [-0.25, -0.2) is 4.79 Å². The minimum absolute atomic E-state index is 0.0608. The average molecular weight is 354 g/mol. The standard InChI is InChI=1S/C16H14N6O4/c1-7-2-4-8(5-3-7)18-16-20-12-11(14(25)22-16)9(6-10(23)19-12)13(24)21-15(17)26/h2-5H,6H2,1H3,(H3,17,21,24,26)(H2,18,19,20,22,23,25). The number of anilines is 2. The van der Waals surface area contributed by atoms with Gasteiger partial charge in [-0.1, -0.05) is 17.7 Å². The monoisotopic (exact) mass is 354 g/mol. The van der Waals surface area contributed by atoms with Gasteiger partial charge >= 0.3 is 6.03 Å². The summed E-state index contributed by atoms with van der Waals surface area (Å²) in [5.41, 5.74) is 5.55. The van der Waals surface area contributed by atoms with E-state index in [0.717, 1.165) is 5.56 Å². The van der Waals surface area contributed by atoms with Crippen LogP contribution in [-0.4, -0.2) is 27.8 Å². The molecule has 1 aromatic heterocycles. The highest BCUT2D eigenvalue weighted by Crippen LogP contribution is 2.12. The van der Waals surface area contributed by atoms with Crippen molar-refractivity contribution in [3.63, 3.8) is 0 Å². The Morgan fingerprint density at radius 2 is 1.88 bits per heavy atom. The van der Waals surface area contributed by atoms with Gasteiger partial charge in [-0.2, -0.15) is 9.98 Å². The molecule has 0 atom stereocenters. The molecule has 0 saturated heterocycles. The number of primary amides is 1. The quantitative estimate of drug-likeness (QED) is 0.537. The maximum absolute atomic E-state index is 12.4. The van der Waals surface area contributed by atoms with Gasteiger partial charge in [0.25, 0.3) is 17.4 Å². The smallest absolute Gasteiger partial charge is 0.319 e. The fourth-order valence-corrected chi connectivity index (χ4v) is 2.43. The Hall–Kier alpha value is -3.82. The molecule has 4 amide bonds. The Morgan fingerprint density at radius 3 is 2.54 bits per heavy atom. The number of amides is 4. The number of hydrogen-bond acceptors (Lipinski definition) is 6. The second kappa shape index (κ2) is 6.59. The van der Waals surface area contributed by atoms with E-state index in [-0.39, 0.29) is 22.2 Å². The summed E-state index contributed by atoms with van der Waals surface area (Å²) < 4.78 is 0. The summed E-state index contributed by atoms with van der Waals surface area (Å²) in [5.74, 6) is -1.54. The van der Waals surface area contributed by atoms with Crippen molar-refractivity contribution < 1.29 is 14.4 Å². The number of aromatic nitrogens is 2. The second-order valence-corrected chi connectivity index (χ2v) is 5.58. The number of imide groups is 1. The van der Waals surface area contributed by atoms with Gasteiger partial charge in [-0.15, -0.1) is 0 Å². The van der Waals surface area contributed by atoms with Gasteiger partial charge in [-0.05, 0) is 19.1 Å². The van der Waals surface area contributed by atoms with Crippen LogP contribution in [0.2, 0.25) is 0 Å². The highest BCUT2D eigenvalue weighted by atomic mass is 16.2. The van der Waals surface area contributed by atoms with Gasteiger partial charge in [0.1, 0.15) is 0 Å². The first kappa shape index (κ1) is 17.0. The van der Waals surface area contributed by atoms with E-state index in [1.54, 1.807) is 12.1 Å². The molecular weight excluding hydrogens is 340 g/mol. The molecule has 10 nitrogen and oxygen atoms in total. The number of nitrogens with one attached hydrogen (secondary N) is 3. The first-order chi connectivity index (χ1) is 12.3. The zero-order valence-corrected chi connectivity index (χ0v) is 13.6. The lowest BCUT2D eigenvalue weighted by Crippen LogP contribution is -2.51. The Balaban J connectivity index is 2.10. The first-order valence-corrected chi connectivity index (χ1v) is 7.53. The third-order valence-corrected chi connectivity index (χ3v) is 3.59. The van der Waals surface area contributed by atoms with E-state index >= 15 is 0 Å². The largest absolute Gasteiger partial charge is 0.351 e. The topological polar surface area (TPSA) is 159 Å². The predicted molar refractivity (Wildman–Crippen MR) is 90.9 cm³/mol. The normalized spacial score (nSPS) is 12.8. The summed E-state index contributed by atoms with van der Waals surface area (Å²) in [6.45, 7) is 1.93. The number of urea groups is 1. The van der Waals surface area contributed by atoms with Crippen LogP contribution in [0.4, 0.5) is 16.4 Å². The molecule has 0 aliphatic carbocycles. The van der Waals surface area contributed by atoms with Gasteiger partial charge in [0.2, 0.25) is 5.95 Å². The van der Waals surface area contributed by atoms with Crippen LogP contribution in [0.1, 0.15) is 12.0 Å². The molecule has 3 rings (SSSR count). The van der Waals surface area contributed by atoms with Crippen molar-refractivity contribution >= 4 is 35.1 Å². The van der Waals surface area contributed by atoms with Gasteiger partial charge in [0, 0.05) is 11.3 Å². The number of nitrogens with zero attached hydrogens (tertiary/aromatic N) is 2. The van der Waals surface area contributed by atoms with Crippen molar-refractivity contribution in [3.8, 4) is 0 Å². The van der Waals surface area contributed by atoms with Gasteiger partial charge in [0.05, 0.1) is 11.6 Å². The van der Waals surface area contributed by atoms with Crippen LogP contribution in [0, 0.1) is 6.92 Å². The summed E-state index contributed by atoms with van der Waals surface area (Å²) in [7, 11) is 0. The molecule has 0 unspecified atom stereocenters. The molecule has 0 saturated carbocycles. The molecule has 0 radical (unpaired) electrons. The van der Waals surface area contributed by atoms with Crippen molar-refractivity contribution in [2.24, 2.45) is 10.7 Å². The van der Waals surface area contributed by atoms with Crippen LogP contribution >= 0.6 is 0 Å². The lowest BCUT2D eigenvalue weighted by atomic mass is 10.1. The Morgan fingerprint density at radius 1 is 1.19 bits per heavy atom. The molecule has 2 heterocycles. The van der Waals surface area contributed by atoms with Crippen molar-refractivity contribution in [2.45, 2.75) is 13.3 Å². The lowest BCUT2D eigenvalue weighted by Gasteiger charge is -2.10. The lowest BCUT2D eigenvalue weighted by molar-refractivity contribution is -0.119. The summed E-state index contributed by atoms with van der Waals surface area (Å²) in [5, 5.41) is 4.56. The van der Waals surface area contributed by atoms with E-state index in [2.05, 4.69) is 20.3 Å². The second-order valence-electron chi connectivity index (χ2n) is 5.58.